The second-order valence-corrected chi connectivity index (χ2v) is 5.10. The van der Waals surface area contributed by atoms with Crippen molar-refractivity contribution < 1.29 is 9.90 Å². The highest BCUT2D eigenvalue weighted by Gasteiger charge is 2.46. The molecule has 1 saturated heterocycles. The molecule has 2 aliphatic rings. The van der Waals surface area contributed by atoms with Crippen LogP contribution in [0.25, 0.3) is 0 Å². The minimum absolute atomic E-state index is 0.103. The Bertz CT molecular complexity index is 257. The van der Waals surface area contributed by atoms with Crippen LogP contribution in [0.4, 0.5) is 0 Å². The Morgan fingerprint density at radius 2 is 2.33 bits per heavy atom. The summed E-state index contributed by atoms with van der Waals surface area (Å²) in [6.07, 6.45) is 2.10. The average Bonchev–Trinajstić information content (AvgIpc) is 2.86. The SMILES string of the molecule is CN1CCC(CN(C)C2CC2C(=O)O)C1. The Hall–Kier alpha value is -0.610. The zero-order valence-electron chi connectivity index (χ0n) is 9.52. The number of carboxylic acid groups (broad SMARTS) is 1. The van der Waals surface area contributed by atoms with E-state index in [1.807, 2.05) is 0 Å². The monoisotopic (exact) mass is 212 g/mol. The van der Waals surface area contributed by atoms with E-state index in [2.05, 4.69) is 23.9 Å². The number of rotatable bonds is 4. The van der Waals surface area contributed by atoms with E-state index in [0.29, 0.717) is 6.04 Å². The molecule has 0 aromatic rings. The molecule has 4 nitrogen and oxygen atoms in total. The first-order valence-corrected chi connectivity index (χ1v) is 5.69. The fourth-order valence-electron chi connectivity index (χ4n) is 2.65. The van der Waals surface area contributed by atoms with Gasteiger partial charge in [-0.05, 0) is 39.4 Å². The van der Waals surface area contributed by atoms with Crippen LogP contribution in [0.3, 0.4) is 0 Å². The van der Waals surface area contributed by atoms with Gasteiger partial charge < -0.3 is 14.9 Å². The molecule has 86 valence electrons. The third-order valence-corrected chi connectivity index (χ3v) is 3.68. The lowest BCUT2D eigenvalue weighted by atomic mass is 10.1. The van der Waals surface area contributed by atoms with Crippen LogP contribution in [0, 0.1) is 11.8 Å². The molecule has 1 N–H and O–H groups in total. The Labute approximate surface area is 90.9 Å². The van der Waals surface area contributed by atoms with E-state index in [1.165, 1.54) is 13.0 Å². The van der Waals surface area contributed by atoms with Crippen molar-refractivity contribution in [1.29, 1.82) is 0 Å². The molecule has 1 saturated carbocycles. The van der Waals surface area contributed by atoms with E-state index in [-0.39, 0.29) is 5.92 Å². The first kappa shape index (κ1) is 10.9. The van der Waals surface area contributed by atoms with E-state index in [0.717, 1.165) is 25.4 Å². The van der Waals surface area contributed by atoms with Gasteiger partial charge in [-0.15, -0.1) is 0 Å². The minimum Gasteiger partial charge on any atom is -0.481 e. The van der Waals surface area contributed by atoms with Crippen molar-refractivity contribution in [3.05, 3.63) is 0 Å². The van der Waals surface area contributed by atoms with E-state index >= 15 is 0 Å². The highest BCUT2D eigenvalue weighted by molar-refractivity contribution is 5.74. The second kappa shape index (κ2) is 4.10. The summed E-state index contributed by atoms with van der Waals surface area (Å²) in [6.45, 7) is 3.40. The molecule has 4 heteroatoms. The lowest BCUT2D eigenvalue weighted by molar-refractivity contribution is -0.138. The van der Waals surface area contributed by atoms with Gasteiger partial charge in [-0.25, -0.2) is 0 Å². The maximum atomic E-state index is 10.7. The zero-order valence-corrected chi connectivity index (χ0v) is 9.52. The zero-order chi connectivity index (χ0) is 11.0. The van der Waals surface area contributed by atoms with Crippen molar-refractivity contribution in [1.82, 2.24) is 9.80 Å². The van der Waals surface area contributed by atoms with Gasteiger partial charge in [0.1, 0.15) is 0 Å². The molecular formula is C11H20N2O2. The van der Waals surface area contributed by atoms with Crippen LogP contribution in [0.15, 0.2) is 0 Å². The van der Waals surface area contributed by atoms with Gasteiger partial charge in [0.2, 0.25) is 0 Å². The molecule has 1 aliphatic heterocycles. The Morgan fingerprint density at radius 1 is 1.60 bits per heavy atom. The van der Waals surface area contributed by atoms with E-state index in [9.17, 15) is 4.79 Å². The van der Waals surface area contributed by atoms with Gasteiger partial charge in [-0.2, -0.15) is 0 Å². The Morgan fingerprint density at radius 3 is 2.80 bits per heavy atom. The van der Waals surface area contributed by atoms with Crippen molar-refractivity contribution in [3.63, 3.8) is 0 Å². The number of carboxylic acids is 1. The Kier molecular flexibility index (Phi) is 2.98. The highest BCUT2D eigenvalue weighted by Crippen LogP contribution is 2.35. The summed E-state index contributed by atoms with van der Waals surface area (Å²) in [5.74, 6) is -0.000400. The third-order valence-electron chi connectivity index (χ3n) is 3.68. The molecule has 0 amide bonds. The lowest BCUT2D eigenvalue weighted by Crippen LogP contribution is -2.30. The molecule has 2 rings (SSSR count). The molecule has 0 radical (unpaired) electrons. The average molecular weight is 212 g/mol. The number of carbonyl (C=O) groups is 1. The summed E-state index contributed by atoms with van der Waals surface area (Å²) in [5.41, 5.74) is 0. The smallest absolute Gasteiger partial charge is 0.308 e. The molecule has 3 atom stereocenters. The molecular weight excluding hydrogens is 192 g/mol. The molecule has 1 aliphatic carbocycles. The predicted octanol–water partition coefficient (Wildman–Crippen LogP) is 0.343. The van der Waals surface area contributed by atoms with Gasteiger partial charge in [0.05, 0.1) is 5.92 Å². The topological polar surface area (TPSA) is 43.8 Å². The third kappa shape index (κ3) is 2.49. The van der Waals surface area contributed by atoms with Gasteiger partial charge in [0.15, 0.2) is 0 Å². The number of nitrogens with zero attached hydrogens (tertiary/aromatic N) is 2. The maximum Gasteiger partial charge on any atom is 0.308 e. The van der Waals surface area contributed by atoms with Crippen molar-refractivity contribution in [2.45, 2.75) is 18.9 Å². The van der Waals surface area contributed by atoms with Gasteiger partial charge >= 0.3 is 5.97 Å². The number of hydrogen-bond donors (Lipinski definition) is 1. The summed E-state index contributed by atoms with van der Waals surface area (Å²) >= 11 is 0. The quantitative estimate of drug-likeness (QED) is 0.730. The van der Waals surface area contributed by atoms with Crippen LogP contribution in [0.1, 0.15) is 12.8 Å². The predicted molar refractivity (Wildman–Crippen MR) is 57.8 cm³/mol. The summed E-state index contributed by atoms with van der Waals surface area (Å²) in [5, 5.41) is 8.84. The summed E-state index contributed by atoms with van der Waals surface area (Å²) in [6, 6.07) is 0.299. The fourth-order valence-corrected chi connectivity index (χ4v) is 2.65. The molecule has 15 heavy (non-hydrogen) atoms. The van der Waals surface area contributed by atoms with Gasteiger partial charge in [-0.1, -0.05) is 0 Å². The first-order chi connectivity index (χ1) is 7.08. The number of likely N-dealkylation sites (tertiary alicyclic amines) is 1. The maximum absolute atomic E-state index is 10.7. The highest BCUT2D eigenvalue weighted by atomic mass is 16.4. The fraction of sp³-hybridized carbons (Fsp3) is 0.909. The molecule has 0 bridgehead atoms. The van der Waals surface area contributed by atoms with Gasteiger partial charge in [0, 0.05) is 19.1 Å². The van der Waals surface area contributed by atoms with E-state index in [1.54, 1.807) is 0 Å². The molecule has 0 aromatic heterocycles. The van der Waals surface area contributed by atoms with E-state index in [4.69, 9.17) is 5.11 Å². The van der Waals surface area contributed by atoms with Gasteiger partial charge in [-0.3, -0.25) is 4.79 Å². The summed E-state index contributed by atoms with van der Waals surface area (Å²) in [7, 11) is 4.21. The van der Waals surface area contributed by atoms with Crippen molar-refractivity contribution >= 4 is 5.97 Å². The van der Waals surface area contributed by atoms with Crippen molar-refractivity contribution in [2.24, 2.45) is 11.8 Å². The van der Waals surface area contributed by atoms with Crippen LogP contribution < -0.4 is 0 Å². The minimum atomic E-state index is -0.629. The van der Waals surface area contributed by atoms with Crippen LogP contribution >= 0.6 is 0 Å². The molecule has 1 heterocycles. The summed E-state index contributed by atoms with van der Waals surface area (Å²) in [4.78, 5) is 15.3. The van der Waals surface area contributed by atoms with Crippen molar-refractivity contribution in [3.8, 4) is 0 Å². The number of hydrogen-bond acceptors (Lipinski definition) is 3. The largest absolute Gasteiger partial charge is 0.481 e. The van der Waals surface area contributed by atoms with Crippen LogP contribution in [-0.4, -0.2) is 60.6 Å². The summed E-state index contributed by atoms with van der Waals surface area (Å²) < 4.78 is 0. The van der Waals surface area contributed by atoms with Crippen LogP contribution in [-0.2, 0) is 4.79 Å². The van der Waals surface area contributed by atoms with Crippen molar-refractivity contribution in [2.75, 3.05) is 33.7 Å². The Balaban J connectivity index is 1.74. The molecule has 0 aromatic carbocycles. The normalized spacial score (nSPS) is 36.1. The second-order valence-electron chi connectivity index (χ2n) is 5.10. The number of aliphatic carboxylic acids is 1. The molecule has 2 fully saturated rings. The first-order valence-electron chi connectivity index (χ1n) is 5.69. The van der Waals surface area contributed by atoms with Crippen LogP contribution in [0.2, 0.25) is 0 Å². The van der Waals surface area contributed by atoms with Crippen LogP contribution in [0.5, 0.6) is 0 Å². The lowest BCUT2D eigenvalue weighted by Gasteiger charge is -2.20. The standard InChI is InChI=1S/C11H20N2O2/c1-12-4-3-8(6-12)7-13(2)10-5-9(10)11(14)15/h8-10H,3-7H2,1-2H3,(H,14,15). The van der Waals surface area contributed by atoms with Gasteiger partial charge in [0.25, 0.3) is 0 Å². The molecule has 0 spiro atoms. The molecule has 3 unspecified atom stereocenters. The van der Waals surface area contributed by atoms with E-state index < -0.39 is 5.97 Å².